The van der Waals surface area contributed by atoms with Gasteiger partial charge in [-0.2, -0.15) is 0 Å². The molecular weight excluding hydrogens is 296 g/mol. The number of benzene rings is 1. The lowest BCUT2D eigenvalue weighted by Gasteiger charge is -2.45. The Bertz CT molecular complexity index is 542. The highest BCUT2D eigenvalue weighted by atomic mass is 16.2. The largest absolute Gasteiger partial charge is 0.338 e. The maximum atomic E-state index is 13.2. The van der Waals surface area contributed by atoms with E-state index in [1.165, 1.54) is 24.8 Å². The predicted octanol–water partition coefficient (Wildman–Crippen LogP) is 4.00. The smallest absolute Gasteiger partial charge is 0.225 e. The molecule has 1 amide bonds. The number of carbonyl (C=O) groups is 1. The van der Waals surface area contributed by atoms with Crippen LogP contribution in [-0.4, -0.2) is 23.9 Å². The first-order valence-electron chi connectivity index (χ1n) is 9.56. The average molecular weight is 329 g/mol. The molecule has 132 valence electrons. The van der Waals surface area contributed by atoms with E-state index in [9.17, 15) is 4.79 Å². The summed E-state index contributed by atoms with van der Waals surface area (Å²) in [5.41, 5.74) is 7.63. The molecule has 1 aromatic carbocycles. The number of fused-ring (bicyclic) bond motifs is 2. The van der Waals surface area contributed by atoms with E-state index >= 15 is 0 Å². The summed E-state index contributed by atoms with van der Waals surface area (Å²) in [4.78, 5) is 15.3. The average Bonchev–Trinajstić information content (AvgIpc) is 2.54. The zero-order valence-corrected chi connectivity index (χ0v) is 15.3. The van der Waals surface area contributed by atoms with Crippen molar-refractivity contribution in [2.45, 2.75) is 58.0 Å². The van der Waals surface area contributed by atoms with Gasteiger partial charge in [-0.05, 0) is 49.0 Å². The third kappa shape index (κ3) is 3.37. The van der Waals surface area contributed by atoms with Crippen molar-refractivity contribution in [3.8, 4) is 0 Å². The van der Waals surface area contributed by atoms with Gasteiger partial charge in [0.2, 0.25) is 5.91 Å². The summed E-state index contributed by atoms with van der Waals surface area (Å²) in [6, 6.07) is 10.9. The van der Waals surface area contributed by atoms with E-state index in [4.69, 9.17) is 5.73 Å². The first kappa shape index (κ1) is 17.5. The van der Waals surface area contributed by atoms with E-state index < -0.39 is 0 Å². The van der Waals surface area contributed by atoms with Gasteiger partial charge in [-0.15, -0.1) is 0 Å². The minimum Gasteiger partial charge on any atom is -0.338 e. The van der Waals surface area contributed by atoms with E-state index in [1.54, 1.807) is 0 Å². The van der Waals surface area contributed by atoms with Crippen molar-refractivity contribution >= 4 is 5.91 Å². The number of nitrogens with zero attached hydrogens (tertiary/aromatic N) is 1. The van der Waals surface area contributed by atoms with Crippen LogP contribution in [0.1, 0.15) is 57.6 Å². The Balaban J connectivity index is 1.76. The Labute approximate surface area is 146 Å². The van der Waals surface area contributed by atoms with Crippen LogP contribution in [0.25, 0.3) is 0 Å². The minimum atomic E-state index is 0.147. The van der Waals surface area contributed by atoms with Crippen molar-refractivity contribution in [1.82, 2.24) is 4.90 Å². The third-order valence-corrected chi connectivity index (χ3v) is 6.30. The van der Waals surface area contributed by atoms with Crippen molar-refractivity contribution in [2.75, 3.05) is 7.05 Å². The van der Waals surface area contributed by atoms with Crippen LogP contribution in [0.15, 0.2) is 30.3 Å². The van der Waals surface area contributed by atoms with Crippen LogP contribution < -0.4 is 5.73 Å². The van der Waals surface area contributed by atoms with Gasteiger partial charge in [0.1, 0.15) is 0 Å². The quantitative estimate of drug-likeness (QED) is 0.908. The Hall–Kier alpha value is -1.35. The van der Waals surface area contributed by atoms with Crippen molar-refractivity contribution < 1.29 is 4.79 Å². The van der Waals surface area contributed by atoms with Gasteiger partial charge in [0.05, 0.1) is 6.04 Å². The number of hydrogen-bond acceptors (Lipinski definition) is 2. The van der Waals surface area contributed by atoms with Crippen molar-refractivity contribution in [3.05, 3.63) is 35.9 Å². The SMILES string of the molecule is CC(C)C(c1ccccc1)N(C)C(=O)C1CC2CCCC(C1)C2N. The van der Waals surface area contributed by atoms with E-state index in [2.05, 4.69) is 38.1 Å². The summed E-state index contributed by atoms with van der Waals surface area (Å²) in [5, 5.41) is 0. The molecule has 2 saturated carbocycles. The van der Waals surface area contributed by atoms with Gasteiger partial charge < -0.3 is 10.6 Å². The second-order valence-corrected chi connectivity index (χ2v) is 8.25. The van der Waals surface area contributed by atoms with Crippen molar-refractivity contribution in [2.24, 2.45) is 29.4 Å². The molecule has 0 spiro atoms. The summed E-state index contributed by atoms with van der Waals surface area (Å²) >= 11 is 0. The van der Waals surface area contributed by atoms with E-state index in [-0.39, 0.29) is 12.0 Å². The summed E-state index contributed by atoms with van der Waals surface area (Å²) in [6.07, 6.45) is 5.67. The molecule has 3 rings (SSSR count). The lowest BCUT2D eigenvalue weighted by molar-refractivity contribution is -0.140. The van der Waals surface area contributed by atoms with Crippen LogP contribution >= 0.6 is 0 Å². The van der Waals surface area contributed by atoms with Crippen LogP contribution in [0.4, 0.5) is 0 Å². The fourth-order valence-corrected chi connectivity index (χ4v) is 5.12. The molecule has 3 atom stereocenters. The second-order valence-electron chi connectivity index (χ2n) is 8.25. The highest BCUT2D eigenvalue weighted by molar-refractivity contribution is 5.79. The Morgan fingerprint density at radius 3 is 2.25 bits per heavy atom. The third-order valence-electron chi connectivity index (χ3n) is 6.30. The highest BCUT2D eigenvalue weighted by Crippen LogP contribution is 2.43. The monoisotopic (exact) mass is 328 g/mol. The molecule has 0 heterocycles. The second kappa shape index (κ2) is 7.26. The molecule has 1 aromatic rings. The molecule has 3 nitrogen and oxygen atoms in total. The van der Waals surface area contributed by atoms with Gasteiger partial charge in [0.15, 0.2) is 0 Å². The first-order chi connectivity index (χ1) is 11.5. The standard InChI is InChI=1S/C21H32N2O/c1-14(2)20(15-8-5-4-6-9-15)23(3)21(24)18-12-16-10-7-11-17(13-18)19(16)22/h4-6,8-9,14,16-20H,7,10-13,22H2,1-3H3. The maximum Gasteiger partial charge on any atom is 0.225 e. The molecule has 2 N–H and O–H groups in total. The summed E-state index contributed by atoms with van der Waals surface area (Å²) < 4.78 is 0. The minimum absolute atomic E-state index is 0.147. The Morgan fingerprint density at radius 2 is 1.71 bits per heavy atom. The molecule has 0 aliphatic heterocycles. The number of nitrogens with two attached hydrogens (primary N) is 1. The lowest BCUT2D eigenvalue weighted by atomic mass is 9.65. The molecule has 3 heteroatoms. The van der Waals surface area contributed by atoms with Crippen LogP contribution in [0.5, 0.6) is 0 Å². The van der Waals surface area contributed by atoms with Gasteiger partial charge in [-0.1, -0.05) is 50.6 Å². The zero-order valence-electron chi connectivity index (χ0n) is 15.3. The molecule has 0 saturated heterocycles. The van der Waals surface area contributed by atoms with E-state index in [1.807, 2.05) is 18.0 Å². The van der Waals surface area contributed by atoms with Gasteiger partial charge in [-0.3, -0.25) is 4.79 Å². The molecule has 0 radical (unpaired) electrons. The molecule has 2 aliphatic rings. The van der Waals surface area contributed by atoms with Crippen molar-refractivity contribution in [1.29, 1.82) is 0 Å². The Kier molecular flexibility index (Phi) is 5.29. The topological polar surface area (TPSA) is 46.3 Å². The van der Waals surface area contributed by atoms with Crippen LogP contribution in [0.2, 0.25) is 0 Å². The Morgan fingerprint density at radius 1 is 1.12 bits per heavy atom. The predicted molar refractivity (Wildman–Crippen MR) is 98.3 cm³/mol. The van der Waals surface area contributed by atoms with Crippen LogP contribution in [0.3, 0.4) is 0 Å². The van der Waals surface area contributed by atoms with E-state index in [0.717, 1.165) is 12.8 Å². The normalized spacial score (nSPS) is 30.9. The number of carbonyl (C=O) groups excluding carboxylic acids is 1. The molecule has 2 aliphatic carbocycles. The van der Waals surface area contributed by atoms with Gasteiger partial charge >= 0.3 is 0 Å². The molecule has 2 fully saturated rings. The summed E-state index contributed by atoms with van der Waals surface area (Å²) in [5.74, 6) is 1.98. The zero-order chi connectivity index (χ0) is 17.3. The molecule has 3 unspecified atom stereocenters. The molecule has 0 aromatic heterocycles. The van der Waals surface area contributed by atoms with Crippen LogP contribution in [0, 0.1) is 23.7 Å². The summed E-state index contributed by atoms with van der Waals surface area (Å²) in [6.45, 7) is 4.40. The van der Waals surface area contributed by atoms with Gasteiger partial charge in [0, 0.05) is 19.0 Å². The fourth-order valence-electron chi connectivity index (χ4n) is 5.12. The lowest BCUT2D eigenvalue weighted by Crippen LogP contribution is -2.49. The first-order valence-corrected chi connectivity index (χ1v) is 9.56. The number of rotatable bonds is 4. The summed E-state index contributed by atoms with van der Waals surface area (Å²) in [7, 11) is 1.99. The molecule has 2 bridgehead atoms. The van der Waals surface area contributed by atoms with Crippen LogP contribution in [-0.2, 0) is 4.79 Å². The molecular formula is C21H32N2O. The molecule has 24 heavy (non-hydrogen) atoms. The fraction of sp³-hybridized carbons (Fsp3) is 0.667. The van der Waals surface area contributed by atoms with Crippen molar-refractivity contribution in [3.63, 3.8) is 0 Å². The van der Waals surface area contributed by atoms with Gasteiger partial charge in [0.25, 0.3) is 0 Å². The van der Waals surface area contributed by atoms with Gasteiger partial charge in [-0.25, -0.2) is 0 Å². The maximum absolute atomic E-state index is 13.2. The number of amides is 1. The highest BCUT2D eigenvalue weighted by Gasteiger charge is 2.42. The number of hydrogen-bond donors (Lipinski definition) is 1. The van der Waals surface area contributed by atoms with E-state index in [0.29, 0.717) is 29.7 Å².